The Balaban J connectivity index is 2.17. The molecular formula is C13H12N4O. The normalized spacial score (nSPS) is 11.0. The molecule has 0 aliphatic carbocycles. The van der Waals surface area contributed by atoms with E-state index >= 15 is 0 Å². The number of aromatic nitrogens is 4. The molecule has 0 aliphatic heterocycles. The summed E-state index contributed by atoms with van der Waals surface area (Å²) in [6.07, 6.45) is 3.42. The number of fused-ring (bicyclic) bond motifs is 1. The van der Waals surface area contributed by atoms with Gasteiger partial charge in [0.05, 0.1) is 18.3 Å². The molecule has 0 radical (unpaired) electrons. The third-order valence-electron chi connectivity index (χ3n) is 2.91. The van der Waals surface area contributed by atoms with Gasteiger partial charge in [0.15, 0.2) is 0 Å². The summed E-state index contributed by atoms with van der Waals surface area (Å²) in [7, 11) is 0. The zero-order valence-electron chi connectivity index (χ0n) is 9.91. The SMILES string of the molecule is Cc1nc(-n2ncc3ccccc32)ncc1CO. The Kier molecular flexibility index (Phi) is 2.53. The standard InChI is InChI=1S/C13H12N4O/c1-9-11(8-18)6-14-13(16-9)17-12-5-3-2-4-10(12)7-15-17/h2-7,18H,8H2,1H3. The Morgan fingerprint density at radius 1 is 1.22 bits per heavy atom. The smallest absolute Gasteiger partial charge is 0.251 e. The van der Waals surface area contributed by atoms with Crippen molar-refractivity contribution in [2.75, 3.05) is 0 Å². The molecule has 3 aromatic rings. The summed E-state index contributed by atoms with van der Waals surface area (Å²) in [6, 6.07) is 7.89. The largest absolute Gasteiger partial charge is 0.392 e. The highest BCUT2D eigenvalue weighted by Gasteiger charge is 2.08. The first kappa shape index (κ1) is 10.9. The second-order valence-electron chi connectivity index (χ2n) is 4.05. The van der Waals surface area contributed by atoms with Crippen LogP contribution in [-0.2, 0) is 6.61 Å². The van der Waals surface area contributed by atoms with Gasteiger partial charge in [0.1, 0.15) is 0 Å². The van der Waals surface area contributed by atoms with Crippen LogP contribution in [-0.4, -0.2) is 24.9 Å². The minimum atomic E-state index is -0.0496. The number of para-hydroxylation sites is 1. The predicted molar refractivity (Wildman–Crippen MR) is 67.3 cm³/mol. The minimum absolute atomic E-state index is 0.0496. The van der Waals surface area contributed by atoms with Crippen LogP contribution < -0.4 is 0 Å². The summed E-state index contributed by atoms with van der Waals surface area (Å²) in [6.45, 7) is 1.80. The first-order valence-electron chi connectivity index (χ1n) is 5.66. The maximum atomic E-state index is 9.11. The van der Waals surface area contributed by atoms with Gasteiger partial charge in [-0.05, 0) is 13.0 Å². The van der Waals surface area contributed by atoms with Gasteiger partial charge in [-0.15, -0.1) is 0 Å². The maximum Gasteiger partial charge on any atom is 0.251 e. The maximum absolute atomic E-state index is 9.11. The van der Waals surface area contributed by atoms with Crippen molar-refractivity contribution in [3.8, 4) is 5.95 Å². The second kappa shape index (κ2) is 4.19. The Bertz CT molecular complexity index is 705. The van der Waals surface area contributed by atoms with Crippen LogP contribution in [0, 0.1) is 6.92 Å². The molecule has 18 heavy (non-hydrogen) atoms. The Labute approximate surface area is 104 Å². The van der Waals surface area contributed by atoms with E-state index in [0.717, 1.165) is 22.2 Å². The predicted octanol–water partition coefficient (Wildman–Crippen LogP) is 1.62. The van der Waals surface area contributed by atoms with E-state index in [-0.39, 0.29) is 6.61 Å². The van der Waals surface area contributed by atoms with Crippen molar-refractivity contribution in [2.45, 2.75) is 13.5 Å². The molecule has 0 spiro atoms. The van der Waals surface area contributed by atoms with Crippen LogP contribution in [0.2, 0.25) is 0 Å². The van der Waals surface area contributed by atoms with Crippen LogP contribution in [0.4, 0.5) is 0 Å². The molecule has 0 saturated carbocycles. The lowest BCUT2D eigenvalue weighted by molar-refractivity contribution is 0.280. The second-order valence-corrected chi connectivity index (χ2v) is 4.05. The summed E-state index contributed by atoms with van der Waals surface area (Å²) in [5, 5.41) is 14.4. The first-order valence-corrected chi connectivity index (χ1v) is 5.66. The van der Waals surface area contributed by atoms with E-state index in [9.17, 15) is 0 Å². The van der Waals surface area contributed by atoms with Gasteiger partial charge in [-0.1, -0.05) is 18.2 Å². The summed E-state index contributed by atoms with van der Waals surface area (Å²) in [4.78, 5) is 8.60. The fraction of sp³-hybridized carbons (Fsp3) is 0.154. The molecule has 3 rings (SSSR count). The van der Waals surface area contributed by atoms with Crippen molar-refractivity contribution in [3.05, 3.63) is 47.9 Å². The van der Waals surface area contributed by atoms with E-state index in [1.807, 2.05) is 31.2 Å². The van der Waals surface area contributed by atoms with E-state index in [1.165, 1.54) is 0 Å². The third-order valence-corrected chi connectivity index (χ3v) is 2.91. The van der Waals surface area contributed by atoms with Crippen LogP contribution in [0.25, 0.3) is 16.9 Å². The highest BCUT2D eigenvalue weighted by Crippen LogP contribution is 2.16. The van der Waals surface area contributed by atoms with Gasteiger partial charge >= 0.3 is 0 Å². The summed E-state index contributed by atoms with van der Waals surface area (Å²) < 4.78 is 1.70. The quantitative estimate of drug-likeness (QED) is 0.739. The lowest BCUT2D eigenvalue weighted by Crippen LogP contribution is -2.05. The van der Waals surface area contributed by atoms with E-state index in [1.54, 1.807) is 17.1 Å². The first-order chi connectivity index (χ1) is 8.79. The molecule has 2 aromatic heterocycles. The van der Waals surface area contributed by atoms with Crippen LogP contribution in [0.5, 0.6) is 0 Å². The third kappa shape index (κ3) is 1.65. The molecule has 2 heterocycles. The zero-order chi connectivity index (χ0) is 12.5. The van der Waals surface area contributed by atoms with Crippen LogP contribution in [0.3, 0.4) is 0 Å². The topological polar surface area (TPSA) is 63.8 Å². The molecule has 0 bridgehead atoms. The number of rotatable bonds is 2. The average Bonchev–Trinajstić information content (AvgIpc) is 2.82. The van der Waals surface area contributed by atoms with Crippen molar-refractivity contribution in [1.29, 1.82) is 0 Å². The van der Waals surface area contributed by atoms with Crippen molar-refractivity contribution in [3.63, 3.8) is 0 Å². The van der Waals surface area contributed by atoms with Crippen molar-refractivity contribution >= 4 is 10.9 Å². The molecular weight excluding hydrogens is 228 g/mol. The van der Waals surface area contributed by atoms with E-state index in [0.29, 0.717) is 5.95 Å². The molecule has 0 unspecified atom stereocenters. The number of benzene rings is 1. The molecule has 0 fully saturated rings. The van der Waals surface area contributed by atoms with Gasteiger partial charge in [-0.3, -0.25) is 0 Å². The number of aliphatic hydroxyl groups excluding tert-OH is 1. The number of hydrogen-bond donors (Lipinski definition) is 1. The van der Waals surface area contributed by atoms with Gasteiger partial charge in [0.25, 0.3) is 5.95 Å². The van der Waals surface area contributed by atoms with Crippen molar-refractivity contribution in [2.24, 2.45) is 0 Å². The summed E-state index contributed by atoms with van der Waals surface area (Å²) >= 11 is 0. The lowest BCUT2D eigenvalue weighted by atomic mass is 10.2. The van der Waals surface area contributed by atoms with Gasteiger partial charge in [0.2, 0.25) is 0 Å². The summed E-state index contributed by atoms with van der Waals surface area (Å²) in [5.74, 6) is 0.519. The van der Waals surface area contributed by atoms with Crippen molar-refractivity contribution in [1.82, 2.24) is 19.7 Å². The van der Waals surface area contributed by atoms with Crippen LogP contribution in [0.15, 0.2) is 36.7 Å². The molecule has 0 aliphatic rings. The van der Waals surface area contributed by atoms with Gasteiger partial charge in [-0.2, -0.15) is 9.78 Å². The van der Waals surface area contributed by atoms with Gasteiger partial charge in [0, 0.05) is 22.8 Å². The van der Waals surface area contributed by atoms with Crippen molar-refractivity contribution < 1.29 is 5.11 Å². The summed E-state index contributed by atoms with van der Waals surface area (Å²) in [5.41, 5.74) is 2.46. The van der Waals surface area contributed by atoms with Crippen LogP contribution in [0.1, 0.15) is 11.3 Å². The highest BCUT2D eigenvalue weighted by molar-refractivity contribution is 5.79. The molecule has 1 aromatic carbocycles. The fourth-order valence-electron chi connectivity index (χ4n) is 1.87. The van der Waals surface area contributed by atoms with Crippen LogP contribution >= 0.6 is 0 Å². The molecule has 5 heteroatoms. The fourth-order valence-corrected chi connectivity index (χ4v) is 1.87. The molecule has 0 atom stereocenters. The Morgan fingerprint density at radius 2 is 2.06 bits per heavy atom. The number of nitrogens with zero attached hydrogens (tertiary/aromatic N) is 4. The zero-order valence-corrected chi connectivity index (χ0v) is 9.91. The molecule has 5 nitrogen and oxygen atoms in total. The average molecular weight is 240 g/mol. The highest BCUT2D eigenvalue weighted by atomic mass is 16.3. The van der Waals surface area contributed by atoms with E-state index in [4.69, 9.17) is 5.11 Å². The molecule has 0 saturated heterocycles. The number of aryl methyl sites for hydroxylation is 1. The van der Waals surface area contributed by atoms with E-state index in [2.05, 4.69) is 15.1 Å². The van der Waals surface area contributed by atoms with E-state index < -0.39 is 0 Å². The van der Waals surface area contributed by atoms with Gasteiger partial charge < -0.3 is 5.11 Å². The van der Waals surface area contributed by atoms with Gasteiger partial charge in [-0.25, -0.2) is 9.97 Å². The number of aliphatic hydroxyl groups is 1. The lowest BCUT2D eigenvalue weighted by Gasteiger charge is -2.05. The monoisotopic (exact) mass is 240 g/mol. The molecule has 0 amide bonds. The Hall–Kier alpha value is -2.27. The Morgan fingerprint density at radius 3 is 2.83 bits per heavy atom. The number of hydrogen-bond acceptors (Lipinski definition) is 4. The molecule has 90 valence electrons. The minimum Gasteiger partial charge on any atom is -0.392 e. The molecule has 1 N–H and O–H groups in total.